The van der Waals surface area contributed by atoms with Gasteiger partial charge in [0.25, 0.3) is 0 Å². The highest BCUT2D eigenvalue weighted by molar-refractivity contribution is 5.74. The molecule has 4 N–H and O–H groups in total. The Kier molecular flexibility index (Phi) is 6.08. The molecule has 2 atom stereocenters. The van der Waals surface area contributed by atoms with Gasteiger partial charge in [-0.05, 0) is 39.0 Å². The van der Waals surface area contributed by atoms with Gasteiger partial charge in [0.15, 0.2) is 0 Å². The Bertz CT molecular complexity index is 312. The summed E-state index contributed by atoms with van der Waals surface area (Å²) < 4.78 is 0. The first-order valence-corrected chi connectivity index (χ1v) is 6.92. The van der Waals surface area contributed by atoms with E-state index in [1.165, 1.54) is 0 Å². The van der Waals surface area contributed by atoms with Crippen LogP contribution in [0.15, 0.2) is 0 Å². The lowest BCUT2D eigenvalue weighted by molar-refractivity contribution is -0.142. The normalized spacial score (nSPS) is 26.3. The van der Waals surface area contributed by atoms with Crippen molar-refractivity contribution >= 4 is 12.0 Å². The Labute approximate surface area is 113 Å². The number of carbonyl (C=O) groups excluding carboxylic acids is 1. The van der Waals surface area contributed by atoms with Crippen molar-refractivity contribution in [2.24, 2.45) is 5.92 Å². The highest BCUT2D eigenvalue weighted by Gasteiger charge is 2.27. The third-order valence-electron chi connectivity index (χ3n) is 3.75. The molecule has 0 bridgehead atoms. The van der Waals surface area contributed by atoms with Crippen LogP contribution in [0.3, 0.4) is 0 Å². The average molecular weight is 272 g/mol. The molecule has 6 nitrogen and oxygen atoms in total. The van der Waals surface area contributed by atoms with Crippen LogP contribution in [-0.2, 0) is 4.79 Å². The van der Waals surface area contributed by atoms with Crippen LogP contribution in [0.25, 0.3) is 0 Å². The molecule has 1 aliphatic rings. The number of carboxylic acids is 1. The third kappa shape index (κ3) is 5.06. The Morgan fingerprint density at radius 1 is 1.26 bits per heavy atom. The standard InChI is InChI=1S/C13H24N2O4/c1-3-11(8(2)16)15-13(19)14-10-6-4-9(5-7-10)12(17)18/h8-11,16H,3-7H2,1-2H3,(H,17,18)(H2,14,15,19). The average Bonchev–Trinajstić information content (AvgIpc) is 2.36. The smallest absolute Gasteiger partial charge is 0.315 e. The number of aliphatic hydroxyl groups is 1. The van der Waals surface area contributed by atoms with E-state index in [2.05, 4.69) is 10.6 Å². The largest absolute Gasteiger partial charge is 0.481 e. The van der Waals surface area contributed by atoms with Crippen LogP contribution in [0, 0.1) is 5.92 Å². The fraction of sp³-hybridized carbons (Fsp3) is 0.846. The van der Waals surface area contributed by atoms with E-state index in [-0.39, 0.29) is 24.0 Å². The van der Waals surface area contributed by atoms with Crippen molar-refractivity contribution in [2.45, 2.75) is 64.1 Å². The molecule has 2 amide bonds. The van der Waals surface area contributed by atoms with Crippen LogP contribution >= 0.6 is 0 Å². The lowest BCUT2D eigenvalue weighted by Crippen LogP contribution is -2.50. The summed E-state index contributed by atoms with van der Waals surface area (Å²) in [6.45, 7) is 3.54. The summed E-state index contributed by atoms with van der Waals surface area (Å²) in [5, 5.41) is 23.9. The van der Waals surface area contributed by atoms with E-state index in [9.17, 15) is 14.7 Å². The van der Waals surface area contributed by atoms with E-state index in [0.717, 1.165) is 0 Å². The maximum absolute atomic E-state index is 11.8. The minimum absolute atomic E-state index is 0.0297. The number of hydrogen-bond acceptors (Lipinski definition) is 3. The Morgan fingerprint density at radius 2 is 1.84 bits per heavy atom. The number of nitrogens with one attached hydrogen (secondary N) is 2. The van der Waals surface area contributed by atoms with Gasteiger partial charge in [-0.3, -0.25) is 4.79 Å². The van der Waals surface area contributed by atoms with Gasteiger partial charge in [0, 0.05) is 6.04 Å². The van der Waals surface area contributed by atoms with Gasteiger partial charge < -0.3 is 20.8 Å². The number of carboxylic acid groups (broad SMARTS) is 1. The minimum Gasteiger partial charge on any atom is -0.481 e. The number of aliphatic carboxylic acids is 1. The predicted molar refractivity (Wildman–Crippen MR) is 70.8 cm³/mol. The second-order valence-electron chi connectivity index (χ2n) is 5.26. The molecule has 110 valence electrons. The van der Waals surface area contributed by atoms with Crippen molar-refractivity contribution in [2.75, 3.05) is 0 Å². The molecule has 0 aromatic rings. The first kappa shape index (κ1) is 15.8. The van der Waals surface area contributed by atoms with Crippen molar-refractivity contribution in [1.29, 1.82) is 0 Å². The van der Waals surface area contributed by atoms with Crippen molar-refractivity contribution in [3.05, 3.63) is 0 Å². The van der Waals surface area contributed by atoms with E-state index < -0.39 is 12.1 Å². The van der Waals surface area contributed by atoms with Crippen LogP contribution in [0.5, 0.6) is 0 Å². The highest BCUT2D eigenvalue weighted by atomic mass is 16.4. The van der Waals surface area contributed by atoms with E-state index in [1.807, 2.05) is 6.92 Å². The molecule has 0 radical (unpaired) electrons. The summed E-state index contributed by atoms with van der Waals surface area (Å²) in [4.78, 5) is 22.6. The molecule has 19 heavy (non-hydrogen) atoms. The number of rotatable bonds is 5. The monoisotopic (exact) mass is 272 g/mol. The zero-order chi connectivity index (χ0) is 14.4. The van der Waals surface area contributed by atoms with Gasteiger partial charge in [0.1, 0.15) is 0 Å². The maximum Gasteiger partial charge on any atom is 0.315 e. The molecule has 0 aromatic carbocycles. The fourth-order valence-corrected chi connectivity index (χ4v) is 2.44. The molecule has 0 spiro atoms. The number of carbonyl (C=O) groups is 2. The van der Waals surface area contributed by atoms with Crippen molar-refractivity contribution < 1.29 is 19.8 Å². The number of urea groups is 1. The second kappa shape index (κ2) is 7.33. The predicted octanol–water partition coefficient (Wildman–Crippen LogP) is 1.09. The lowest BCUT2D eigenvalue weighted by Gasteiger charge is -2.28. The topological polar surface area (TPSA) is 98.7 Å². The quantitative estimate of drug-likeness (QED) is 0.602. The van der Waals surface area contributed by atoms with Gasteiger partial charge in [-0.1, -0.05) is 6.92 Å². The van der Waals surface area contributed by atoms with Crippen LogP contribution in [0.2, 0.25) is 0 Å². The summed E-state index contributed by atoms with van der Waals surface area (Å²) in [6, 6.07) is -0.510. The zero-order valence-electron chi connectivity index (χ0n) is 11.6. The van der Waals surface area contributed by atoms with Gasteiger partial charge in [0.2, 0.25) is 0 Å². The number of hydrogen-bond donors (Lipinski definition) is 4. The summed E-state index contributed by atoms with van der Waals surface area (Å²) in [5.74, 6) is -1.02. The van der Waals surface area contributed by atoms with E-state index in [1.54, 1.807) is 6.92 Å². The molecule has 1 rings (SSSR count). The van der Waals surface area contributed by atoms with Crippen molar-refractivity contribution in [1.82, 2.24) is 10.6 Å². The van der Waals surface area contributed by atoms with Crippen LogP contribution in [0.1, 0.15) is 46.0 Å². The van der Waals surface area contributed by atoms with Gasteiger partial charge in [-0.25, -0.2) is 4.79 Å². The fourth-order valence-electron chi connectivity index (χ4n) is 2.44. The van der Waals surface area contributed by atoms with Crippen LogP contribution in [-0.4, -0.2) is 40.4 Å². The highest BCUT2D eigenvalue weighted by Crippen LogP contribution is 2.24. The molecule has 1 saturated carbocycles. The summed E-state index contributed by atoms with van der Waals surface area (Å²) in [7, 11) is 0. The molecular formula is C13H24N2O4. The molecule has 0 saturated heterocycles. The number of amides is 2. The SMILES string of the molecule is CCC(NC(=O)NC1CCC(C(=O)O)CC1)C(C)O. The molecule has 0 aromatic heterocycles. The van der Waals surface area contributed by atoms with Crippen molar-refractivity contribution in [3.8, 4) is 0 Å². The Morgan fingerprint density at radius 3 is 2.26 bits per heavy atom. The molecule has 6 heteroatoms. The Hall–Kier alpha value is -1.30. The molecule has 0 heterocycles. The molecule has 1 aliphatic carbocycles. The van der Waals surface area contributed by atoms with Gasteiger partial charge in [0.05, 0.1) is 18.1 Å². The van der Waals surface area contributed by atoms with Crippen molar-refractivity contribution in [3.63, 3.8) is 0 Å². The minimum atomic E-state index is -0.747. The molecule has 1 fully saturated rings. The van der Waals surface area contributed by atoms with Gasteiger partial charge in [-0.2, -0.15) is 0 Å². The third-order valence-corrected chi connectivity index (χ3v) is 3.75. The first-order valence-electron chi connectivity index (χ1n) is 6.92. The summed E-state index contributed by atoms with van der Waals surface area (Å²) in [5.41, 5.74) is 0. The number of aliphatic hydroxyl groups excluding tert-OH is 1. The summed E-state index contributed by atoms with van der Waals surface area (Å²) in [6.07, 6.45) is 2.67. The Balaban J connectivity index is 2.32. The van der Waals surface area contributed by atoms with Crippen LogP contribution < -0.4 is 10.6 Å². The summed E-state index contributed by atoms with van der Waals surface area (Å²) >= 11 is 0. The molecular weight excluding hydrogens is 248 g/mol. The molecule has 2 unspecified atom stereocenters. The van der Waals surface area contributed by atoms with E-state index in [4.69, 9.17) is 5.11 Å². The van der Waals surface area contributed by atoms with E-state index >= 15 is 0 Å². The van der Waals surface area contributed by atoms with Gasteiger partial charge >= 0.3 is 12.0 Å². The lowest BCUT2D eigenvalue weighted by atomic mass is 9.86. The second-order valence-corrected chi connectivity index (χ2v) is 5.26. The van der Waals surface area contributed by atoms with Crippen LogP contribution in [0.4, 0.5) is 4.79 Å². The van der Waals surface area contributed by atoms with Gasteiger partial charge in [-0.15, -0.1) is 0 Å². The maximum atomic E-state index is 11.8. The van der Waals surface area contributed by atoms with E-state index in [0.29, 0.717) is 32.1 Å². The zero-order valence-corrected chi connectivity index (χ0v) is 11.6. The first-order chi connectivity index (χ1) is 8.93. The molecule has 0 aliphatic heterocycles.